The summed E-state index contributed by atoms with van der Waals surface area (Å²) in [6.45, 7) is 3.44. The van der Waals surface area contributed by atoms with Crippen molar-refractivity contribution in [3.8, 4) is 0 Å². The Balaban J connectivity index is 1.65. The molecule has 2 fully saturated rings. The average molecular weight is 229 g/mol. The third kappa shape index (κ3) is 1.37. The highest BCUT2D eigenvalue weighted by molar-refractivity contribution is 5.76. The molecular weight excluding hydrogens is 214 g/mol. The van der Waals surface area contributed by atoms with Crippen LogP contribution in [0.4, 0.5) is 5.69 Å². The van der Waals surface area contributed by atoms with E-state index in [1.165, 1.54) is 25.2 Å². The van der Waals surface area contributed by atoms with E-state index in [0.717, 1.165) is 23.6 Å². The van der Waals surface area contributed by atoms with Crippen LogP contribution in [0, 0.1) is 5.92 Å². The molecule has 2 aliphatic rings. The SMILES string of the molecule is c1cc2ncc(N3C[C@H]4CCNC[C@H]43)cc2o1. The highest BCUT2D eigenvalue weighted by Crippen LogP contribution is 2.35. The zero-order chi connectivity index (χ0) is 11.2. The first kappa shape index (κ1) is 9.48. The molecule has 2 aliphatic heterocycles. The third-order valence-electron chi connectivity index (χ3n) is 4.04. The molecule has 0 radical (unpaired) electrons. The van der Waals surface area contributed by atoms with Crippen LogP contribution < -0.4 is 10.2 Å². The van der Waals surface area contributed by atoms with Crippen LogP contribution >= 0.6 is 0 Å². The Morgan fingerprint density at radius 2 is 2.47 bits per heavy atom. The van der Waals surface area contributed by atoms with Gasteiger partial charge in [-0.15, -0.1) is 0 Å². The first-order chi connectivity index (χ1) is 8.42. The molecule has 4 heterocycles. The molecule has 0 aromatic carbocycles. The minimum Gasteiger partial charge on any atom is -0.463 e. The molecule has 4 nitrogen and oxygen atoms in total. The van der Waals surface area contributed by atoms with Crippen LogP contribution in [-0.2, 0) is 0 Å². The fourth-order valence-corrected chi connectivity index (χ4v) is 3.01. The molecular formula is C13H15N3O. The number of nitrogens with one attached hydrogen (secondary N) is 1. The monoisotopic (exact) mass is 229 g/mol. The molecule has 0 amide bonds. The molecule has 2 aromatic rings. The van der Waals surface area contributed by atoms with E-state index in [0.29, 0.717) is 6.04 Å². The molecule has 1 N–H and O–H groups in total. The van der Waals surface area contributed by atoms with Gasteiger partial charge < -0.3 is 14.6 Å². The van der Waals surface area contributed by atoms with Gasteiger partial charge in [-0.1, -0.05) is 0 Å². The molecule has 0 saturated carbocycles. The summed E-state index contributed by atoms with van der Waals surface area (Å²) in [4.78, 5) is 6.86. The molecule has 2 atom stereocenters. The van der Waals surface area contributed by atoms with Gasteiger partial charge in [0.1, 0.15) is 5.52 Å². The van der Waals surface area contributed by atoms with Gasteiger partial charge in [-0.25, -0.2) is 0 Å². The average Bonchev–Trinajstić information content (AvgIpc) is 2.78. The summed E-state index contributed by atoms with van der Waals surface area (Å²) in [5.41, 5.74) is 3.01. The first-order valence-corrected chi connectivity index (χ1v) is 6.22. The van der Waals surface area contributed by atoms with Crippen molar-refractivity contribution in [3.05, 3.63) is 24.6 Å². The van der Waals surface area contributed by atoms with E-state index in [2.05, 4.69) is 21.3 Å². The smallest absolute Gasteiger partial charge is 0.154 e. The summed E-state index contributed by atoms with van der Waals surface area (Å²) >= 11 is 0. The van der Waals surface area contributed by atoms with Gasteiger partial charge in [0.05, 0.1) is 18.1 Å². The summed E-state index contributed by atoms with van der Waals surface area (Å²) in [6.07, 6.45) is 4.96. The Morgan fingerprint density at radius 1 is 1.47 bits per heavy atom. The fourth-order valence-electron chi connectivity index (χ4n) is 3.01. The number of hydrogen-bond donors (Lipinski definition) is 1. The van der Waals surface area contributed by atoms with Gasteiger partial charge in [0.2, 0.25) is 0 Å². The normalized spacial score (nSPS) is 27.9. The van der Waals surface area contributed by atoms with Crippen molar-refractivity contribution in [1.29, 1.82) is 0 Å². The molecule has 88 valence electrons. The number of nitrogens with zero attached hydrogens (tertiary/aromatic N) is 2. The van der Waals surface area contributed by atoms with E-state index in [9.17, 15) is 0 Å². The quantitative estimate of drug-likeness (QED) is 0.807. The van der Waals surface area contributed by atoms with E-state index in [4.69, 9.17) is 4.42 Å². The maximum absolute atomic E-state index is 5.41. The van der Waals surface area contributed by atoms with E-state index in [1.807, 2.05) is 12.3 Å². The molecule has 0 aliphatic carbocycles. The maximum Gasteiger partial charge on any atom is 0.154 e. The summed E-state index contributed by atoms with van der Waals surface area (Å²) < 4.78 is 5.41. The summed E-state index contributed by atoms with van der Waals surface area (Å²) in [5.74, 6) is 0.864. The van der Waals surface area contributed by atoms with E-state index in [1.54, 1.807) is 6.26 Å². The predicted molar refractivity (Wildman–Crippen MR) is 66.1 cm³/mol. The molecule has 17 heavy (non-hydrogen) atoms. The van der Waals surface area contributed by atoms with E-state index in [-0.39, 0.29) is 0 Å². The van der Waals surface area contributed by atoms with Crippen LogP contribution in [0.1, 0.15) is 6.42 Å². The Kier molecular flexibility index (Phi) is 1.93. The molecule has 0 spiro atoms. The van der Waals surface area contributed by atoms with Crippen molar-refractivity contribution < 1.29 is 4.42 Å². The Bertz CT molecular complexity index is 550. The lowest BCUT2D eigenvalue weighted by Gasteiger charge is -2.52. The van der Waals surface area contributed by atoms with Crippen molar-refractivity contribution in [2.24, 2.45) is 5.92 Å². The molecule has 4 heteroatoms. The summed E-state index contributed by atoms with van der Waals surface area (Å²) in [7, 11) is 0. The largest absolute Gasteiger partial charge is 0.463 e. The second-order valence-corrected chi connectivity index (χ2v) is 4.97. The van der Waals surface area contributed by atoms with Crippen LogP contribution in [0.25, 0.3) is 11.1 Å². The van der Waals surface area contributed by atoms with Gasteiger partial charge in [-0.3, -0.25) is 4.98 Å². The number of fused-ring (bicyclic) bond motifs is 2. The Labute approximate surface area is 99.6 Å². The zero-order valence-electron chi connectivity index (χ0n) is 9.60. The lowest BCUT2D eigenvalue weighted by Crippen LogP contribution is -2.63. The van der Waals surface area contributed by atoms with Crippen molar-refractivity contribution in [1.82, 2.24) is 10.3 Å². The van der Waals surface area contributed by atoms with Crippen molar-refractivity contribution in [2.45, 2.75) is 12.5 Å². The van der Waals surface area contributed by atoms with Gasteiger partial charge in [0.15, 0.2) is 5.58 Å². The fraction of sp³-hybridized carbons (Fsp3) is 0.462. The van der Waals surface area contributed by atoms with Gasteiger partial charge in [0, 0.05) is 31.3 Å². The number of rotatable bonds is 1. The minimum absolute atomic E-state index is 0.651. The molecule has 2 aromatic heterocycles. The van der Waals surface area contributed by atoms with Crippen LogP contribution in [-0.4, -0.2) is 30.7 Å². The van der Waals surface area contributed by atoms with Crippen molar-refractivity contribution in [3.63, 3.8) is 0 Å². The van der Waals surface area contributed by atoms with Gasteiger partial charge >= 0.3 is 0 Å². The number of aromatic nitrogens is 1. The van der Waals surface area contributed by atoms with E-state index >= 15 is 0 Å². The molecule has 0 unspecified atom stereocenters. The number of furan rings is 1. The topological polar surface area (TPSA) is 41.3 Å². The highest BCUT2D eigenvalue weighted by Gasteiger charge is 2.40. The lowest BCUT2D eigenvalue weighted by molar-refractivity contribution is 0.229. The number of anilines is 1. The van der Waals surface area contributed by atoms with Gasteiger partial charge in [-0.05, 0) is 18.9 Å². The number of piperidine rings is 1. The second kappa shape index (κ2) is 3.47. The van der Waals surface area contributed by atoms with Crippen molar-refractivity contribution >= 4 is 16.8 Å². The molecule has 4 rings (SSSR count). The van der Waals surface area contributed by atoms with Crippen LogP contribution in [0.3, 0.4) is 0 Å². The molecule has 0 bridgehead atoms. The van der Waals surface area contributed by atoms with Crippen LogP contribution in [0.5, 0.6) is 0 Å². The Hall–Kier alpha value is -1.55. The van der Waals surface area contributed by atoms with Crippen molar-refractivity contribution in [2.75, 3.05) is 24.5 Å². The second-order valence-electron chi connectivity index (χ2n) is 4.97. The van der Waals surface area contributed by atoms with Gasteiger partial charge in [0.25, 0.3) is 0 Å². The van der Waals surface area contributed by atoms with Gasteiger partial charge in [-0.2, -0.15) is 0 Å². The van der Waals surface area contributed by atoms with Crippen LogP contribution in [0.2, 0.25) is 0 Å². The number of hydrogen-bond acceptors (Lipinski definition) is 4. The van der Waals surface area contributed by atoms with E-state index < -0.39 is 0 Å². The predicted octanol–water partition coefficient (Wildman–Crippen LogP) is 1.63. The number of pyridine rings is 1. The zero-order valence-corrected chi connectivity index (χ0v) is 9.60. The Morgan fingerprint density at radius 3 is 3.41 bits per heavy atom. The maximum atomic E-state index is 5.41. The first-order valence-electron chi connectivity index (χ1n) is 6.22. The minimum atomic E-state index is 0.651. The lowest BCUT2D eigenvalue weighted by atomic mass is 9.83. The third-order valence-corrected chi connectivity index (χ3v) is 4.04. The standard InChI is InChI=1S/C13H15N3O/c1-3-14-7-12-9(1)8-16(12)10-5-13-11(15-6-10)2-4-17-13/h2,4-6,9,12,14H,1,3,7-8H2/t9-,12-/m1/s1. The van der Waals surface area contributed by atoms with Crippen LogP contribution in [0.15, 0.2) is 29.0 Å². The summed E-state index contributed by atoms with van der Waals surface area (Å²) in [6, 6.07) is 4.66. The molecule has 2 saturated heterocycles. The highest BCUT2D eigenvalue weighted by atomic mass is 16.3. The summed E-state index contributed by atoms with van der Waals surface area (Å²) in [5, 5.41) is 3.46.